The van der Waals surface area contributed by atoms with E-state index in [0.717, 1.165) is 29.8 Å². The van der Waals surface area contributed by atoms with Crippen molar-refractivity contribution < 1.29 is 14.7 Å². The molecule has 0 aliphatic rings. The number of unbranched alkanes of at least 4 members (excludes halogenated alkanes) is 1. The number of fused-ring (bicyclic) bond motifs is 1. The number of thiazole rings is 1. The van der Waals surface area contributed by atoms with Crippen LogP contribution < -0.4 is 5.32 Å². The maximum atomic E-state index is 12.1. The van der Waals surface area contributed by atoms with Gasteiger partial charge in [-0.2, -0.15) is 0 Å². The van der Waals surface area contributed by atoms with Gasteiger partial charge in [0.15, 0.2) is 0 Å². The standard InChI is InChI=1S/C21H22N2O3S/c1-14(21(25)26)15-7-6-8-16(13-15)22-19(24)11-4-5-12-20-23-17-9-2-3-10-18(17)27-20/h2-3,6-10,13-14H,4-5,11-12H2,1H3,(H,22,24)(H,25,26). The molecule has 2 aromatic carbocycles. The van der Waals surface area contributed by atoms with E-state index in [0.29, 0.717) is 17.7 Å². The Hall–Kier alpha value is -2.73. The molecule has 1 aromatic heterocycles. The summed E-state index contributed by atoms with van der Waals surface area (Å²) in [5.74, 6) is -1.54. The normalized spacial score (nSPS) is 12.0. The quantitative estimate of drug-likeness (QED) is 0.547. The molecule has 0 aliphatic heterocycles. The molecule has 3 rings (SSSR count). The van der Waals surface area contributed by atoms with Crippen molar-refractivity contribution in [2.75, 3.05) is 5.32 Å². The van der Waals surface area contributed by atoms with Crippen molar-refractivity contribution in [1.82, 2.24) is 4.98 Å². The molecule has 0 fully saturated rings. The number of carbonyl (C=O) groups excluding carboxylic acids is 1. The number of anilines is 1. The van der Waals surface area contributed by atoms with Gasteiger partial charge in [-0.3, -0.25) is 9.59 Å². The lowest BCUT2D eigenvalue weighted by atomic mass is 10.0. The highest BCUT2D eigenvalue weighted by atomic mass is 32.1. The topological polar surface area (TPSA) is 79.3 Å². The Balaban J connectivity index is 1.45. The highest BCUT2D eigenvalue weighted by Gasteiger charge is 2.14. The van der Waals surface area contributed by atoms with E-state index in [9.17, 15) is 9.59 Å². The van der Waals surface area contributed by atoms with Gasteiger partial charge in [-0.15, -0.1) is 11.3 Å². The molecule has 5 nitrogen and oxygen atoms in total. The number of carboxylic acids is 1. The number of aromatic nitrogens is 1. The smallest absolute Gasteiger partial charge is 0.310 e. The Bertz CT molecular complexity index is 918. The van der Waals surface area contributed by atoms with E-state index in [1.165, 1.54) is 4.70 Å². The maximum Gasteiger partial charge on any atom is 0.310 e. The molecule has 3 aromatic rings. The van der Waals surface area contributed by atoms with E-state index in [1.807, 2.05) is 18.2 Å². The number of amides is 1. The van der Waals surface area contributed by atoms with E-state index in [1.54, 1.807) is 42.5 Å². The number of nitrogens with one attached hydrogen (secondary N) is 1. The van der Waals surface area contributed by atoms with Gasteiger partial charge in [0.25, 0.3) is 0 Å². The second-order valence-electron chi connectivity index (χ2n) is 6.52. The summed E-state index contributed by atoms with van der Waals surface area (Å²) in [6, 6.07) is 15.1. The van der Waals surface area contributed by atoms with E-state index in [2.05, 4.69) is 16.4 Å². The fourth-order valence-corrected chi connectivity index (χ4v) is 3.85. The SMILES string of the molecule is CC(C(=O)O)c1cccc(NC(=O)CCCCc2nc3ccccc3s2)c1. The Morgan fingerprint density at radius 2 is 1.96 bits per heavy atom. The van der Waals surface area contributed by atoms with Gasteiger partial charge in [-0.25, -0.2) is 4.98 Å². The second kappa shape index (κ2) is 8.77. The summed E-state index contributed by atoms with van der Waals surface area (Å²) < 4.78 is 1.20. The Morgan fingerprint density at radius 3 is 2.74 bits per heavy atom. The first-order chi connectivity index (χ1) is 13.0. The van der Waals surface area contributed by atoms with Crippen molar-refractivity contribution in [3.63, 3.8) is 0 Å². The first kappa shape index (κ1) is 19.0. The van der Waals surface area contributed by atoms with Crippen molar-refractivity contribution in [3.05, 3.63) is 59.1 Å². The van der Waals surface area contributed by atoms with Gasteiger partial charge in [0.05, 0.1) is 21.1 Å². The number of rotatable bonds is 8. The molecule has 0 aliphatic carbocycles. The van der Waals surface area contributed by atoms with Crippen LogP contribution in [0.25, 0.3) is 10.2 Å². The number of nitrogens with zero attached hydrogens (tertiary/aromatic N) is 1. The van der Waals surface area contributed by atoms with Crippen molar-refractivity contribution in [1.29, 1.82) is 0 Å². The minimum atomic E-state index is -0.881. The Labute approximate surface area is 162 Å². The number of carbonyl (C=O) groups is 2. The predicted octanol–water partition coefficient (Wildman–Crippen LogP) is 4.84. The predicted molar refractivity (Wildman–Crippen MR) is 108 cm³/mol. The van der Waals surface area contributed by atoms with Crippen LogP contribution in [0.1, 0.15) is 42.7 Å². The number of benzene rings is 2. The van der Waals surface area contributed by atoms with Crippen LogP contribution in [0.4, 0.5) is 5.69 Å². The van der Waals surface area contributed by atoms with Crippen molar-refractivity contribution >= 4 is 39.1 Å². The summed E-state index contributed by atoms with van der Waals surface area (Å²) in [6.07, 6.45) is 3.00. The molecule has 0 radical (unpaired) electrons. The minimum absolute atomic E-state index is 0.0561. The number of para-hydroxylation sites is 1. The molecular weight excluding hydrogens is 360 g/mol. The van der Waals surface area contributed by atoms with Crippen molar-refractivity contribution in [3.8, 4) is 0 Å². The number of aliphatic carboxylic acids is 1. The summed E-state index contributed by atoms with van der Waals surface area (Å²) in [6.45, 7) is 1.63. The number of aryl methyl sites for hydroxylation is 1. The zero-order chi connectivity index (χ0) is 19.2. The zero-order valence-electron chi connectivity index (χ0n) is 15.1. The lowest BCUT2D eigenvalue weighted by molar-refractivity contribution is -0.138. The molecule has 0 bridgehead atoms. The first-order valence-corrected chi connectivity index (χ1v) is 9.81. The van der Waals surface area contributed by atoms with Crippen LogP contribution >= 0.6 is 11.3 Å². The van der Waals surface area contributed by atoms with E-state index in [4.69, 9.17) is 5.11 Å². The number of hydrogen-bond acceptors (Lipinski definition) is 4. The fourth-order valence-electron chi connectivity index (χ4n) is 2.84. The van der Waals surface area contributed by atoms with Crippen LogP contribution in [-0.4, -0.2) is 22.0 Å². The van der Waals surface area contributed by atoms with E-state index in [-0.39, 0.29) is 5.91 Å². The van der Waals surface area contributed by atoms with Gasteiger partial charge >= 0.3 is 5.97 Å². The molecule has 140 valence electrons. The number of hydrogen-bond donors (Lipinski definition) is 2. The third-order valence-electron chi connectivity index (χ3n) is 4.42. The van der Waals surface area contributed by atoms with Crippen LogP contribution in [0, 0.1) is 0 Å². The second-order valence-corrected chi connectivity index (χ2v) is 7.63. The van der Waals surface area contributed by atoms with E-state index < -0.39 is 11.9 Å². The third-order valence-corrected chi connectivity index (χ3v) is 5.52. The largest absolute Gasteiger partial charge is 0.481 e. The lowest BCUT2D eigenvalue weighted by Gasteiger charge is -2.10. The Morgan fingerprint density at radius 1 is 1.15 bits per heavy atom. The molecule has 0 spiro atoms. The summed E-state index contributed by atoms with van der Waals surface area (Å²) in [5.41, 5.74) is 2.35. The summed E-state index contributed by atoms with van der Waals surface area (Å²) >= 11 is 1.71. The van der Waals surface area contributed by atoms with Gasteiger partial charge < -0.3 is 10.4 Å². The third kappa shape index (κ3) is 5.14. The average molecular weight is 382 g/mol. The van der Waals surface area contributed by atoms with Gasteiger partial charge in [0, 0.05) is 12.1 Å². The molecule has 2 N–H and O–H groups in total. The average Bonchev–Trinajstić information content (AvgIpc) is 3.07. The number of carboxylic acid groups (broad SMARTS) is 1. The molecular formula is C21H22N2O3S. The molecule has 6 heteroatoms. The van der Waals surface area contributed by atoms with Gasteiger partial charge in [0.2, 0.25) is 5.91 Å². The van der Waals surface area contributed by atoms with Crippen LogP contribution in [0.2, 0.25) is 0 Å². The lowest BCUT2D eigenvalue weighted by Crippen LogP contribution is -2.12. The van der Waals surface area contributed by atoms with Crippen LogP contribution in [0.15, 0.2) is 48.5 Å². The molecule has 1 amide bonds. The first-order valence-electron chi connectivity index (χ1n) is 9.00. The molecule has 1 unspecified atom stereocenters. The van der Waals surface area contributed by atoms with E-state index >= 15 is 0 Å². The van der Waals surface area contributed by atoms with Crippen molar-refractivity contribution in [2.24, 2.45) is 0 Å². The molecule has 1 heterocycles. The minimum Gasteiger partial charge on any atom is -0.481 e. The van der Waals surface area contributed by atoms with Gasteiger partial charge in [0.1, 0.15) is 0 Å². The summed E-state index contributed by atoms with van der Waals surface area (Å²) in [5, 5.41) is 13.1. The molecule has 27 heavy (non-hydrogen) atoms. The monoisotopic (exact) mass is 382 g/mol. The van der Waals surface area contributed by atoms with Crippen LogP contribution in [-0.2, 0) is 16.0 Å². The highest BCUT2D eigenvalue weighted by Crippen LogP contribution is 2.23. The zero-order valence-corrected chi connectivity index (χ0v) is 16.0. The Kier molecular flexibility index (Phi) is 6.19. The maximum absolute atomic E-state index is 12.1. The molecule has 0 saturated heterocycles. The fraction of sp³-hybridized carbons (Fsp3) is 0.286. The summed E-state index contributed by atoms with van der Waals surface area (Å²) in [7, 11) is 0. The van der Waals surface area contributed by atoms with Crippen molar-refractivity contribution in [2.45, 2.75) is 38.5 Å². The highest BCUT2D eigenvalue weighted by molar-refractivity contribution is 7.18. The van der Waals surface area contributed by atoms with Crippen LogP contribution in [0.3, 0.4) is 0 Å². The van der Waals surface area contributed by atoms with Gasteiger partial charge in [-0.1, -0.05) is 24.3 Å². The van der Waals surface area contributed by atoms with Crippen LogP contribution in [0.5, 0.6) is 0 Å². The summed E-state index contributed by atoms with van der Waals surface area (Å²) in [4.78, 5) is 27.8. The van der Waals surface area contributed by atoms with Gasteiger partial charge in [-0.05, 0) is 56.0 Å². The molecule has 1 atom stereocenters. The molecule has 0 saturated carbocycles.